The highest BCUT2D eigenvalue weighted by molar-refractivity contribution is 4.77. The Balaban J connectivity index is 1.74. The van der Waals surface area contributed by atoms with E-state index >= 15 is 0 Å². The third kappa shape index (κ3) is 7.50. The van der Waals surface area contributed by atoms with E-state index in [-0.39, 0.29) is 0 Å². The van der Waals surface area contributed by atoms with Gasteiger partial charge in [0.15, 0.2) is 0 Å². The van der Waals surface area contributed by atoms with Gasteiger partial charge in [-0.05, 0) is 51.6 Å². The first-order valence-electron chi connectivity index (χ1n) is 12.1. The average molecular weight is 365 g/mol. The van der Waals surface area contributed by atoms with E-state index in [0.717, 1.165) is 23.9 Å². The van der Waals surface area contributed by atoms with Crippen LogP contribution in [0.5, 0.6) is 0 Å². The van der Waals surface area contributed by atoms with Gasteiger partial charge in [0.1, 0.15) is 0 Å². The van der Waals surface area contributed by atoms with E-state index in [1.54, 1.807) is 0 Å². The molecule has 2 saturated carbocycles. The molecule has 2 unspecified atom stereocenters. The maximum Gasteiger partial charge on any atom is 0.0112 e. The normalized spacial score (nSPS) is 22.8. The van der Waals surface area contributed by atoms with E-state index in [2.05, 4.69) is 37.5 Å². The molecule has 2 rings (SSSR count). The van der Waals surface area contributed by atoms with Crippen molar-refractivity contribution in [1.82, 2.24) is 9.80 Å². The molecule has 0 aromatic heterocycles. The SMILES string of the molecule is CCN(CCN(CC)C(C)CC1CCCCC1)C(C)CC1CCCCC1. The highest BCUT2D eigenvalue weighted by Crippen LogP contribution is 2.29. The Kier molecular flexibility index (Phi) is 10.6. The number of nitrogens with zero attached hydrogens (tertiary/aromatic N) is 2. The molecule has 2 aliphatic carbocycles. The molecule has 0 aromatic rings. The van der Waals surface area contributed by atoms with Crippen LogP contribution >= 0.6 is 0 Å². The second-order valence-electron chi connectivity index (χ2n) is 9.43. The van der Waals surface area contributed by atoms with Crippen molar-refractivity contribution in [2.24, 2.45) is 11.8 Å². The Morgan fingerprint density at radius 2 is 0.962 bits per heavy atom. The highest BCUT2D eigenvalue weighted by atomic mass is 15.2. The zero-order valence-electron chi connectivity index (χ0n) is 18.5. The topological polar surface area (TPSA) is 6.48 Å². The summed E-state index contributed by atoms with van der Waals surface area (Å²) in [7, 11) is 0. The summed E-state index contributed by atoms with van der Waals surface area (Å²) in [4.78, 5) is 5.51. The Bertz CT molecular complexity index is 310. The van der Waals surface area contributed by atoms with Gasteiger partial charge < -0.3 is 0 Å². The third-order valence-electron chi connectivity index (χ3n) is 7.53. The second-order valence-corrected chi connectivity index (χ2v) is 9.43. The predicted octanol–water partition coefficient (Wildman–Crippen LogP) is 6.35. The molecule has 0 aliphatic heterocycles. The van der Waals surface area contributed by atoms with Crippen molar-refractivity contribution in [2.75, 3.05) is 26.2 Å². The lowest BCUT2D eigenvalue weighted by Gasteiger charge is -2.36. The van der Waals surface area contributed by atoms with Gasteiger partial charge in [-0.15, -0.1) is 0 Å². The molecule has 2 nitrogen and oxygen atoms in total. The van der Waals surface area contributed by atoms with E-state index in [9.17, 15) is 0 Å². The molecule has 0 amide bonds. The van der Waals surface area contributed by atoms with Gasteiger partial charge in [-0.2, -0.15) is 0 Å². The summed E-state index contributed by atoms with van der Waals surface area (Å²) in [6.07, 6.45) is 17.7. The Labute approximate surface area is 165 Å². The van der Waals surface area contributed by atoms with Crippen molar-refractivity contribution in [3.05, 3.63) is 0 Å². The fraction of sp³-hybridized carbons (Fsp3) is 1.00. The van der Waals surface area contributed by atoms with Crippen LogP contribution in [0.3, 0.4) is 0 Å². The van der Waals surface area contributed by atoms with Crippen LogP contribution < -0.4 is 0 Å². The van der Waals surface area contributed by atoms with Crippen LogP contribution in [0.4, 0.5) is 0 Å². The largest absolute Gasteiger partial charge is 0.300 e. The average Bonchev–Trinajstić information content (AvgIpc) is 2.66. The summed E-state index contributed by atoms with van der Waals surface area (Å²) < 4.78 is 0. The van der Waals surface area contributed by atoms with Crippen LogP contribution in [0.1, 0.15) is 105 Å². The fourth-order valence-electron chi connectivity index (χ4n) is 5.75. The molecule has 0 radical (unpaired) electrons. The molecule has 154 valence electrons. The van der Waals surface area contributed by atoms with Crippen LogP contribution in [0.25, 0.3) is 0 Å². The first-order chi connectivity index (χ1) is 12.6. The smallest absolute Gasteiger partial charge is 0.0112 e. The number of rotatable bonds is 11. The quantitative estimate of drug-likeness (QED) is 0.421. The molecular formula is C24H48N2. The number of hydrogen-bond acceptors (Lipinski definition) is 2. The van der Waals surface area contributed by atoms with Gasteiger partial charge >= 0.3 is 0 Å². The number of likely N-dealkylation sites (N-methyl/N-ethyl adjacent to an activating group) is 2. The number of hydrogen-bond donors (Lipinski definition) is 0. The highest BCUT2D eigenvalue weighted by Gasteiger charge is 2.23. The summed E-state index contributed by atoms with van der Waals surface area (Å²) in [5.41, 5.74) is 0. The lowest BCUT2D eigenvalue weighted by Crippen LogP contribution is -2.43. The lowest BCUT2D eigenvalue weighted by atomic mass is 9.84. The third-order valence-corrected chi connectivity index (χ3v) is 7.53. The van der Waals surface area contributed by atoms with E-state index in [4.69, 9.17) is 0 Å². The summed E-state index contributed by atoms with van der Waals surface area (Å²) >= 11 is 0. The zero-order chi connectivity index (χ0) is 18.8. The van der Waals surface area contributed by atoms with E-state index in [1.165, 1.54) is 103 Å². The Hall–Kier alpha value is -0.0800. The monoisotopic (exact) mass is 364 g/mol. The maximum absolute atomic E-state index is 2.75. The minimum absolute atomic E-state index is 0.760. The van der Waals surface area contributed by atoms with Crippen molar-refractivity contribution in [3.63, 3.8) is 0 Å². The molecule has 0 spiro atoms. The predicted molar refractivity (Wildman–Crippen MR) is 116 cm³/mol. The summed E-state index contributed by atoms with van der Waals surface area (Å²) in [5, 5.41) is 0. The van der Waals surface area contributed by atoms with Crippen molar-refractivity contribution < 1.29 is 0 Å². The molecule has 0 saturated heterocycles. The van der Waals surface area contributed by atoms with Crippen LogP contribution in [0.15, 0.2) is 0 Å². The van der Waals surface area contributed by atoms with Gasteiger partial charge in [0.2, 0.25) is 0 Å². The van der Waals surface area contributed by atoms with Gasteiger partial charge in [0.25, 0.3) is 0 Å². The van der Waals surface area contributed by atoms with Crippen LogP contribution in [0, 0.1) is 11.8 Å². The van der Waals surface area contributed by atoms with Crippen molar-refractivity contribution >= 4 is 0 Å². The standard InChI is InChI=1S/C24H48N2/c1-5-25(21(3)19-23-13-9-7-10-14-23)17-18-26(6-2)22(4)20-24-15-11-8-12-16-24/h21-24H,5-20H2,1-4H3. The first-order valence-corrected chi connectivity index (χ1v) is 12.1. The van der Waals surface area contributed by atoms with Gasteiger partial charge in [-0.1, -0.05) is 78.1 Å². The molecule has 2 atom stereocenters. The molecule has 2 aliphatic rings. The molecular weight excluding hydrogens is 316 g/mol. The van der Waals surface area contributed by atoms with Crippen LogP contribution in [0.2, 0.25) is 0 Å². The Morgan fingerprint density at radius 3 is 1.27 bits per heavy atom. The molecule has 26 heavy (non-hydrogen) atoms. The van der Waals surface area contributed by atoms with E-state index in [1.807, 2.05) is 0 Å². The van der Waals surface area contributed by atoms with E-state index < -0.39 is 0 Å². The first kappa shape index (κ1) is 22.2. The van der Waals surface area contributed by atoms with Crippen LogP contribution in [-0.4, -0.2) is 48.1 Å². The minimum atomic E-state index is 0.760. The molecule has 0 N–H and O–H groups in total. The van der Waals surface area contributed by atoms with Crippen molar-refractivity contribution in [1.29, 1.82) is 0 Å². The zero-order valence-corrected chi connectivity index (χ0v) is 18.5. The van der Waals surface area contributed by atoms with Crippen LogP contribution in [-0.2, 0) is 0 Å². The van der Waals surface area contributed by atoms with Gasteiger partial charge in [0, 0.05) is 25.2 Å². The van der Waals surface area contributed by atoms with Crippen molar-refractivity contribution in [2.45, 2.75) is 117 Å². The maximum atomic E-state index is 2.75. The summed E-state index contributed by atoms with van der Waals surface area (Å²) in [6.45, 7) is 14.6. The fourth-order valence-corrected chi connectivity index (χ4v) is 5.75. The van der Waals surface area contributed by atoms with Gasteiger partial charge in [-0.3, -0.25) is 9.80 Å². The molecule has 2 heteroatoms. The van der Waals surface area contributed by atoms with Gasteiger partial charge in [0.05, 0.1) is 0 Å². The molecule has 0 aromatic carbocycles. The summed E-state index contributed by atoms with van der Waals surface area (Å²) in [5.74, 6) is 2.00. The van der Waals surface area contributed by atoms with E-state index in [0.29, 0.717) is 0 Å². The molecule has 0 bridgehead atoms. The second kappa shape index (κ2) is 12.4. The molecule has 2 fully saturated rings. The van der Waals surface area contributed by atoms with Crippen molar-refractivity contribution in [3.8, 4) is 0 Å². The lowest BCUT2D eigenvalue weighted by molar-refractivity contribution is 0.122. The minimum Gasteiger partial charge on any atom is -0.300 e. The van der Waals surface area contributed by atoms with Gasteiger partial charge in [-0.25, -0.2) is 0 Å². The summed E-state index contributed by atoms with van der Waals surface area (Å²) in [6, 6.07) is 1.52. The Morgan fingerprint density at radius 1 is 0.615 bits per heavy atom. The molecule has 0 heterocycles.